The van der Waals surface area contributed by atoms with E-state index in [0.717, 1.165) is 11.1 Å². The van der Waals surface area contributed by atoms with Gasteiger partial charge < -0.3 is 0 Å². The monoisotopic (exact) mass is 256 g/mol. The molecule has 0 fully saturated rings. The summed E-state index contributed by atoms with van der Waals surface area (Å²) in [6.45, 7) is 0. The van der Waals surface area contributed by atoms with Crippen LogP contribution in [-0.2, 0) is 0 Å². The Morgan fingerprint density at radius 3 is 2.20 bits per heavy atom. The van der Waals surface area contributed by atoms with Crippen LogP contribution in [0.3, 0.4) is 0 Å². The van der Waals surface area contributed by atoms with E-state index in [2.05, 4.69) is 12.1 Å². The van der Waals surface area contributed by atoms with Crippen LogP contribution in [0.2, 0.25) is 0 Å². The summed E-state index contributed by atoms with van der Waals surface area (Å²) in [4.78, 5) is 0. The molecule has 0 aromatic heterocycles. The van der Waals surface area contributed by atoms with Gasteiger partial charge in [0.05, 0.1) is 23.3 Å². The second kappa shape index (κ2) is 6.73. The van der Waals surface area contributed by atoms with Gasteiger partial charge in [-0.3, -0.25) is 0 Å². The Morgan fingerprint density at radius 2 is 1.60 bits per heavy atom. The smallest absolute Gasteiger partial charge is 0.0997 e. The van der Waals surface area contributed by atoms with Gasteiger partial charge in [-0.2, -0.15) is 10.5 Å². The van der Waals surface area contributed by atoms with Crippen LogP contribution in [0.1, 0.15) is 16.7 Å². The Balaban J connectivity index is 2.20. The lowest BCUT2D eigenvalue weighted by atomic mass is 10.0. The number of rotatable bonds is 3. The van der Waals surface area contributed by atoms with Crippen LogP contribution < -0.4 is 0 Å². The van der Waals surface area contributed by atoms with Crippen molar-refractivity contribution >= 4 is 11.6 Å². The van der Waals surface area contributed by atoms with Gasteiger partial charge in [-0.25, -0.2) is 0 Å². The van der Waals surface area contributed by atoms with Crippen molar-refractivity contribution < 1.29 is 0 Å². The third-order valence-corrected chi connectivity index (χ3v) is 2.80. The topological polar surface area (TPSA) is 47.6 Å². The summed E-state index contributed by atoms with van der Waals surface area (Å²) in [7, 11) is 0. The van der Waals surface area contributed by atoms with Gasteiger partial charge in [-0.15, -0.1) is 0 Å². The first kappa shape index (κ1) is 13.3. The molecule has 0 spiro atoms. The largest absolute Gasteiger partial charge is 0.192 e. The standard InChI is InChI=1S/C18H12N2/c19-13-16-9-11-17(12-10-16)18(14-20)8-4-7-15-5-2-1-3-6-15/h1-12H/b7-4+,18-8+. The van der Waals surface area contributed by atoms with Gasteiger partial charge in [0.1, 0.15) is 0 Å². The molecule has 0 saturated carbocycles. The van der Waals surface area contributed by atoms with E-state index in [0.29, 0.717) is 11.1 Å². The molecule has 0 bridgehead atoms. The molecule has 20 heavy (non-hydrogen) atoms. The maximum Gasteiger partial charge on any atom is 0.0997 e. The Kier molecular flexibility index (Phi) is 4.49. The molecule has 2 aromatic carbocycles. The third-order valence-electron chi connectivity index (χ3n) is 2.80. The van der Waals surface area contributed by atoms with Crippen LogP contribution >= 0.6 is 0 Å². The summed E-state index contributed by atoms with van der Waals surface area (Å²) in [5.41, 5.74) is 3.05. The Labute approximate surface area is 118 Å². The molecule has 2 rings (SSSR count). The second-order valence-corrected chi connectivity index (χ2v) is 4.15. The van der Waals surface area contributed by atoms with Crippen molar-refractivity contribution in [2.75, 3.05) is 0 Å². The van der Waals surface area contributed by atoms with Gasteiger partial charge in [-0.05, 0) is 29.3 Å². The summed E-state index contributed by atoms with van der Waals surface area (Å²) in [6, 6.07) is 21.1. The lowest BCUT2D eigenvalue weighted by Crippen LogP contribution is -1.81. The molecular weight excluding hydrogens is 244 g/mol. The molecule has 0 heterocycles. The van der Waals surface area contributed by atoms with Gasteiger partial charge in [0.2, 0.25) is 0 Å². The first-order chi connectivity index (χ1) is 9.83. The maximum absolute atomic E-state index is 9.19. The van der Waals surface area contributed by atoms with Crippen molar-refractivity contribution in [3.05, 3.63) is 83.4 Å². The van der Waals surface area contributed by atoms with Crippen molar-refractivity contribution in [3.63, 3.8) is 0 Å². The average Bonchev–Trinajstić information content (AvgIpc) is 2.53. The Morgan fingerprint density at radius 1 is 0.900 bits per heavy atom. The van der Waals surface area contributed by atoms with E-state index >= 15 is 0 Å². The van der Waals surface area contributed by atoms with E-state index in [1.165, 1.54) is 0 Å². The number of nitrogens with zero attached hydrogens (tertiary/aromatic N) is 2. The molecule has 2 nitrogen and oxygen atoms in total. The van der Waals surface area contributed by atoms with Crippen LogP contribution in [0.5, 0.6) is 0 Å². The highest BCUT2D eigenvalue weighted by Crippen LogP contribution is 2.15. The van der Waals surface area contributed by atoms with Crippen LogP contribution in [0, 0.1) is 22.7 Å². The lowest BCUT2D eigenvalue weighted by molar-refractivity contribution is 1.47. The summed E-state index contributed by atoms with van der Waals surface area (Å²) in [5, 5.41) is 17.9. The van der Waals surface area contributed by atoms with E-state index in [4.69, 9.17) is 5.26 Å². The number of nitriles is 2. The zero-order valence-corrected chi connectivity index (χ0v) is 10.8. The second-order valence-electron chi connectivity index (χ2n) is 4.15. The summed E-state index contributed by atoms with van der Waals surface area (Å²) < 4.78 is 0. The molecular formula is C18H12N2. The van der Waals surface area contributed by atoms with Gasteiger partial charge >= 0.3 is 0 Å². The number of hydrogen-bond acceptors (Lipinski definition) is 2. The molecule has 0 aliphatic heterocycles. The first-order valence-corrected chi connectivity index (χ1v) is 6.17. The number of allylic oxidation sites excluding steroid dienone is 3. The van der Waals surface area contributed by atoms with E-state index < -0.39 is 0 Å². The summed E-state index contributed by atoms with van der Waals surface area (Å²) >= 11 is 0. The number of hydrogen-bond donors (Lipinski definition) is 0. The lowest BCUT2D eigenvalue weighted by Gasteiger charge is -1.97. The zero-order valence-electron chi connectivity index (χ0n) is 10.8. The molecule has 94 valence electrons. The first-order valence-electron chi connectivity index (χ1n) is 6.17. The molecule has 0 amide bonds. The normalized spacial score (nSPS) is 11.0. The molecule has 0 atom stereocenters. The van der Waals surface area contributed by atoms with E-state index in [1.54, 1.807) is 30.3 Å². The summed E-state index contributed by atoms with van der Waals surface area (Å²) in [6.07, 6.45) is 5.57. The molecule has 0 saturated heterocycles. The highest BCUT2D eigenvalue weighted by molar-refractivity contribution is 5.78. The van der Waals surface area contributed by atoms with Crippen molar-refractivity contribution in [2.45, 2.75) is 0 Å². The van der Waals surface area contributed by atoms with Crippen molar-refractivity contribution in [1.29, 1.82) is 10.5 Å². The van der Waals surface area contributed by atoms with Crippen LogP contribution in [0.15, 0.2) is 66.7 Å². The Hall–Kier alpha value is -3.10. The highest BCUT2D eigenvalue weighted by atomic mass is 14.3. The van der Waals surface area contributed by atoms with Crippen LogP contribution in [-0.4, -0.2) is 0 Å². The van der Waals surface area contributed by atoms with Crippen molar-refractivity contribution in [2.24, 2.45) is 0 Å². The molecule has 2 heteroatoms. The van der Waals surface area contributed by atoms with Crippen molar-refractivity contribution in [1.82, 2.24) is 0 Å². The molecule has 0 radical (unpaired) electrons. The minimum Gasteiger partial charge on any atom is -0.192 e. The number of benzene rings is 2. The highest BCUT2D eigenvalue weighted by Gasteiger charge is 1.99. The minimum atomic E-state index is 0.571. The van der Waals surface area contributed by atoms with E-state index in [-0.39, 0.29) is 0 Å². The molecule has 0 N–H and O–H groups in total. The zero-order chi connectivity index (χ0) is 14.2. The third kappa shape index (κ3) is 3.45. The van der Waals surface area contributed by atoms with E-state index in [1.807, 2.05) is 42.5 Å². The van der Waals surface area contributed by atoms with Gasteiger partial charge in [0, 0.05) is 0 Å². The SMILES string of the molecule is N#C/C(=C\C=C\c1ccccc1)c1ccc(C#N)cc1. The molecule has 0 aliphatic carbocycles. The average molecular weight is 256 g/mol. The maximum atomic E-state index is 9.19. The summed E-state index contributed by atoms with van der Waals surface area (Å²) in [5.74, 6) is 0. The Bertz CT molecular complexity index is 709. The fourth-order valence-electron chi connectivity index (χ4n) is 1.74. The van der Waals surface area contributed by atoms with Crippen LogP contribution in [0.25, 0.3) is 11.6 Å². The fraction of sp³-hybridized carbons (Fsp3) is 0. The van der Waals surface area contributed by atoms with Gasteiger partial charge in [0.15, 0.2) is 0 Å². The molecule has 0 aliphatic rings. The predicted molar refractivity (Wildman–Crippen MR) is 80.2 cm³/mol. The van der Waals surface area contributed by atoms with Crippen LogP contribution in [0.4, 0.5) is 0 Å². The fourth-order valence-corrected chi connectivity index (χ4v) is 1.74. The minimum absolute atomic E-state index is 0.571. The molecule has 0 unspecified atom stereocenters. The quantitative estimate of drug-likeness (QED) is 0.611. The molecule has 2 aromatic rings. The van der Waals surface area contributed by atoms with Crippen molar-refractivity contribution in [3.8, 4) is 12.1 Å². The van der Waals surface area contributed by atoms with E-state index in [9.17, 15) is 5.26 Å². The van der Waals surface area contributed by atoms with Gasteiger partial charge in [-0.1, -0.05) is 54.6 Å². The van der Waals surface area contributed by atoms with Gasteiger partial charge in [0.25, 0.3) is 0 Å². The predicted octanol–water partition coefficient (Wildman–Crippen LogP) is 4.18.